The van der Waals surface area contributed by atoms with Gasteiger partial charge in [0.15, 0.2) is 0 Å². The van der Waals surface area contributed by atoms with Crippen LogP contribution in [-0.4, -0.2) is 43.5 Å². The van der Waals surface area contributed by atoms with E-state index in [1.54, 1.807) is 18.5 Å². The second kappa shape index (κ2) is 6.46. The zero-order chi connectivity index (χ0) is 15.3. The first-order valence-electron chi connectivity index (χ1n) is 6.64. The second-order valence-electron chi connectivity index (χ2n) is 4.92. The summed E-state index contributed by atoms with van der Waals surface area (Å²) in [7, 11) is 0. The predicted molar refractivity (Wildman–Crippen MR) is 79.0 cm³/mol. The fraction of sp³-hybridized carbons (Fsp3) is 0.500. The number of hydrogen-bond acceptors (Lipinski definition) is 8. The number of hydrazine groups is 1. The van der Waals surface area contributed by atoms with E-state index in [-0.39, 0.29) is 11.5 Å². The fourth-order valence-corrected chi connectivity index (χ4v) is 1.73. The van der Waals surface area contributed by atoms with Gasteiger partial charge in [0.05, 0.1) is 5.60 Å². The van der Waals surface area contributed by atoms with E-state index in [4.69, 9.17) is 10.6 Å². The average molecular weight is 292 g/mol. The highest BCUT2D eigenvalue weighted by Crippen LogP contribution is 2.12. The smallest absolute Gasteiger partial charge is 0.257 e. The monoisotopic (exact) mass is 292 g/mol. The Kier molecular flexibility index (Phi) is 4.66. The normalized spacial score (nSPS) is 11.4. The molecule has 9 heteroatoms. The number of nitrogens with one attached hydrogen (secondary N) is 2. The van der Waals surface area contributed by atoms with Gasteiger partial charge in [-0.2, -0.15) is 20.1 Å². The van der Waals surface area contributed by atoms with Gasteiger partial charge in [0, 0.05) is 25.5 Å². The Morgan fingerprint density at radius 3 is 2.67 bits per heavy atom. The van der Waals surface area contributed by atoms with Crippen LogP contribution in [0.3, 0.4) is 0 Å². The van der Waals surface area contributed by atoms with E-state index < -0.39 is 0 Å². The molecule has 2 heterocycles. The van der Waals surface area contributed by atoms with Crippen LogP contribution in [0.2, 0.25) is 0 Å². The number of anilines is 2. The summed E-state index contributed by atoms with van der Waals surface area (Å²) < 4.78 is 7.15. The summed E-state index contributed by atoms with van der Waals surface area (Å²) in [4.78, 5) is 12.6. The van der Waals surface area contributed by atoms with Gasteiger partial charge in [0.1, 0.15) is 0 Å². The van der Waals surface area contributed by atoms with E-state index in [0.29, 0.717) is 25.0 Å². The number of ether oxygens (including phenoxy) is 1. The Hall–Kier alpha value is -2.26. The molecule has 0 amide bonds. The first kappa shape index (κ1) is 15.1. The van der Waals surface area contributed by atoms with Gasteiger partial charge in [0.2, 0.25) is 11.9 Å². The highest BCUT2D eigenvalue weighted by atomic mass is 16.5. The zero-order valence-electron chi connectivity index (χ0n) is 12.4. The molecule has 0 saturated heterocycles. The van der Waals surface area contributed by atoms with Gasteiger partial charge in [-0.15, -0.1) is 0 Å². The number of aromatic nitrogens is 5. The maximum atomic E-state index is 5.62. The molecule has 0 aliphatic rings. The molecular formula is C12H20N8O. The van der Waals surface area contributed by atoms with E-state index in [2.05, 4.69) is 30.8 Å². The van der Waals surface area contributed by atoms with Crippen molar-refractivity contribution in [3.8, 4) is 5.95 Å². The predicted octanol–water partition coefficient (Wildman–Crippen LogP) is 0.570. The molecule has 0 aliphatic carbocycles. The van der Waals surface area contributed by atoms with Crippen molar-refractivity contribution in [3.63, 3.8) is 0 Å². The van der Waals surface area contributed by atoms with Crippen molar-refractivity contribution in [1.82, 2.24) is 24.7 Å². The summed E-state index contributed by atoms with van der Waals surface area (Å²) in [6, 6.07) is 1.78. The highest BCUT2D eigenvalue weighted by Gasteiger charge is 2.18. The Morgan fingerprint density at radius 2 is 2.05 bits per heavy atom. The molecule has 0 radical (unpaired) electrons. The summed E-state index contributed by atoms with van der Waals surface area (Å²) >= 11 is 0. The lowest BCUT2D eigenvalue weighted by Gasteiger charge is -2.24. The molecule has 2 aromatic rings. The fourth-order valence-electron chi connectivity index (χ4n) is 1.73. The van der Waals surface area contributed by atoms with Crippen LogP contribution in [0.25, 0.3) is 5.95 Å². The van der Waals surface area contributed by atoms with E-state index >= 15 is 0 Å². The van der Waals surface area contributed by atoms with Gasteiger partial charge >= 0.3 is 0 Å². The second-order valence-corrected chi connectivity index (χ2v) is 4.92. The molecule has 0 aliphatic heterocycles. The molecule has 9 nitrogen and oxygen atoms in total. The lowest BCUT2D eigenvalue weighted by Crippen LogP contribution is -2.34. The van der Waals surface area contributed by atoms with Gasteiger partial charge in [-0.05, 0) is 26.8 Å². The molecule has 0 aromatic carbocycles. The van der Waals surface area contributed by atoms with Crippen LogP contribution >= 0.6 is 0 Å². The van der Waals surface area contributed by atoms with Crippen molar-refractivity contribution < 1.29 is 4.74 Å². The molecule has 2 aromatic heterocycles. The third kappa shape index (κ3) is 4.10. The third-order valence-electron chi connectivity index (χ3n) is 2.67. The zero-order valence-corrected chi connectivity index (χ0v) is 12.4. The van der Waals surface area contributed by atoms with Crippen molar-refractivity contribution in [2.24, 2.45) is 5.84 Å². The number of nitrogens with zero attached hydrogens (tertiary/aromatic N) is 5. The minimum Gasteiger partial charge on any atom is -0.374 e. The quantitative estimate of drug-likeness (QED) is 0.501. The molecule has 0 bridgehead atoms. The summed E-state index contributed by atoms with van der Waals surface area (Å²) in [5.41, 5.74) is 2.09. The summed E-state index contributed by atoms with van der Waals surface area (Å²) in [5.74, 6) is 6.42. The summed E-state index contributed by atoms with van der Waals surface area (Å²) in [6.45, 7) is 7.12. The molecule has 0 atom stereocenters. The molecule has 0 saturated carbocycles. The number of hydrogen-bond donors (Lipinski definition) is 3. The van der Waals surface area contributed by atoms with Crippen LogP contribution in [-0.2, 0) is 4.74 Å². The average Bonchev–Trinajstić information content (AvgIpc) is 2.99. The molecule has 0 spiro atoms. The SMILES string of the molecule is CCOC(C)(C)CNc1nc(NN)nc(-n2cccn2)n1. The van der Waals surface area contributed by atoms with Gasteiger partial charge in [-0.3, -0.25) is 5.43 Å². The largest absolute Gasteiger partial charge is 0.374 e. The van der Waals surface area contributed by atoms with Gasteiger partial charge < -0.3 is 10.1 Å². The minimum atomic E-state index is -0.330. The Balaban J connectivity index is 2.18. The molecule has 0 unspecified atom stereocenters. The van der Waals surface area contributed by atoms with Crippen LogP contribution < -0.4 is 16.6 Å². The van der Waals surface area contributed by atoms with Crippen molar-refractivity contribution >= 4 is 11.9 Å². The van der Waals surface area contributed by atoms with Crippen LogP contribution in [0.5, 0.6) is 0 Å². The molecule has 114 valence electrons. The topological polar surface area (TPSA) is 116 Å². The van der Waals surface area contributed by atoms with Crippen LogP contribution in [0.15, 0.2) is 18.5 Å². The maximum Gasteiger partial charge on any atom is 0.257 e. The summed E-state index contributed by atoms with van der Waals surface area (Å²) in [6.07, 6.45) is 3.38. The summed E-state index contributed by atoms with van der Waals surface area (Å²) in [5, 5.41) is 7.21. The van der Waals surface area contributed by atoms with E-state index in [1.165, 1.54) is 4.68 Å². The first-order chi connectivity index (χ1) is 10.0. The molecule has 0 fully saturated rings. The van der Waals surface area contributed by atoms with Crippen molar-refractivity contribution in [3.05, 3.63) is 18.5 Å². The first-order valence-corrected chi connectivity index (χ1v) is 6.64. The molecule has 4 N–H and O–H groups in total. The van der Waals surface area contributed by atoms with Gasteiger partial charge in [0.25, 0.3) is 5.95 Å². The Morgan fingerprint density at radius 1 is 1.29 bits per heavy atom. The van der Waals surface area contributed by atoms with Gasteiger partial charge in [-0.1, -0.05) is 0 Å². The van der Waals surface area contributed by atoms with E-state index in [9.17, 15) is 0 Å². The molecule has 21 heavy (non-hydrogen) atoms. The standard InChI is InChI=1S/C12H20N8O/c1-4-21-12(2,3)8-14-9-16-10(19-13)18-11(17-9)20-7-5-6-15-20/h5-7H,4,8,13H2,1-3H3,(H2,14,16,17,18,19). The van der Waals surface area contributed by atoms with E-state index in [0.717, 1.165) is 0 Å². The van der Waals surface area contributed by atoms with Crippen molar-refractivity contribution in [1.29, 1.82) is 0 Å². The highest BCUT2D eigenvalue weighted by molar-refractivity contribution is 5.37. The third-order valence-corrected chi connectivity index (χ3v) is 2.67. The number of nitrogens with two attached hydrogens (primary N) is 1. The molecule has 2 rings (SSSR count). The minimum absolute atomic E-state index is 0.257. The van der Waals surface area contributed by atoms with E-state index in [1.807, 2.05) is 20.8 Å². The lowest BCUT2D eigenvalue weighted by molar-refractivity contribution is 0.000579. The lowest BCUT2D eigenvalue weighted by atomic mass is 10.1. The van der Waals surface area contributed by atoms with Crippen LogP contribution in [0, 0.1) is 0 Å². The van der Waals surface area contributed by atoms with Gasteiger partial charge in [-0.25, -0.2) is 10.5 Å². The Bertz CT molecular complexity index is 569. The molecular weight excluding hydrogens is 272 g/mol. The maximum absolute atomic E-state index is 5.62. The van der Waals surface area contributed by atoms with Crippen LogP contribution in [0.4, 0.5) is 11.9 Å². The van der Waals surface area contributed by atoms with Crippen LogP contribution in [0.1, 0.15) is 20.8 Å². The number of rotatable bonds is 7. The number of nitrogen functional groups attached to an aromatic ring is 1. The van der Waals surface area contributed by atoms with Crippen molar-refractivity contribution in [2.75, 3.05) is 23.9 Å². The van der Waals surface area contributed by atoms with Crippen molar-refractivity contribution in [2.45, 2.75) is 26.4 Å². The Labute approximate surface area is 122 Å².